The standard InChI is InChI=1S/C16H17FN4O2/c1-16(2,3)14-19-15(20-23-14)21-8-12(18-9-21)13(22)10-4-6-11(17)7-5-10/h4-7,9,12H,8H2,1-3H3. The van der Waals surface area contributed by atoms with Crippen LogP contribution in [0.15, 0.2) is 33.8 Å². The second-order valence-corrected chi connectivity index (χ2v) is 6.45. The van der Waals surface area contributed by atoms with E-state index >= 15 is 0 Å². The van der Waals surface area contributed by atoms with E-state index in [4.69, 9.17) is 4.52 Å². The third-order valence-corrected chi connectivity index (χ3v) is 3.50. The molecule has 0 fully saturated rings. The van der Waals surface area contributed by atoms with E-state index in [1.807, 2.05) is 20.8 Å². The summed E-state index contributed by atoms with van der Waals surface area (Å²) in [5.41, 5.74) is 0.185. The molecule has 2 aromatic rings. The van der Waals surface area contributed by atoms with Crippen molar-refractivity contribution in [2.24, 2.45) is 4.99 Å². The molecule has 7 heteroatoms. The SMILES string of the molecule is CC(C)(C)c1nc(N2C=NC(C(=O)c3ccc(F)cc3)C2)no1. The molecule has 0 saturated heterocycles. The van der Waals surface area contributed by atoms with Gasteiger partial charge in [0.2, 0.25) is 5.89 Å². The predicted molar refractivity (Wildman–Crippen MR) is 83.4 cm³/mol. The van der Waals surface area contributed by atoms with Gasteiger partial charge in [-0.15, -0.1) is 0 Å². The summed E-state index contributed by atoms with van der Waals surface area (Å²) in [6.07, 6.45) is 1.53. The third kappa shape index (κ3) is 3.13. The zero-order chi connectivity index (χ0) is 16.6. The molecule has 120 valence electrons. The zero-order valence-electron chi connectivity index (χ0n) is 13.2. The van der Waals surface area contributed by atoms with Crippen LogP contribution in [0.2, 0.25) is 0 Å². The lowest BCUT2D eigenvalue weighted by Crippen LogP contribution is -2.29. The summed E-state index contributed by atoms with van der Waals surface area (Å²) in [5, 5.41) is 3.93. The van der Waals surface area contributed by atoms with E-state index in [1.165, 1.54) is 30.6 Å². The summed E-state index contributed by atoms with van der Waals surface area (Å²) in [5.74, 6) is 0.366. The molecule has 6 nitrogen and oxygen atoms in total. The van der Waals surface area contributed by atoms with Gasteiger partial charge in [0.05, 0.1) is 12.9 Å². The Morgan fingerprint density at radius 1 is 1.30 bits per heavy atom. The van der Waals surface area contributed by atoms with Gasteiger partial charge in [-0.25, -0.2) is 4.39 Å². The van der Waals surface area contributed by atoms with Gasteiger partial charge in [-0.1, -0.05) is 20.8 Å². The fraction of sp³-hybridized carbons (Fsp3) is 0.375. The Hall–Kier alpha value is -2.57. The minimum atomic E-state index is -0.558. The lowest BCUT2D eigenvalue weighted by Gasteiger charge is -2.12. The minimum Gasteiger partial charge on any atom is -0.337 e. The Kier molecular flexibility index (Phi) is 3.71. The lowest BCUT2D eigenvalue weighted by molar-refractivity contribution is 0.0968. The van der Waals surface area contributed by atoms with Gasteiger partial charge >= 0.3 is 0 Å². The van der Waals surface area contributed by atoms with Crippen LogP contribution in [0.4, 0.5) is 10.3 Å². The highest BCUT2D eigenvalue weighted by atomic mass is 19.1. The van der Waals surface area contributed by atoms with E-state index in [-0.39, 0.29) is 17.0 Å². The quantitative estimate of drug-likeness (QED) is 0.814. The molecule has 3 rings (SSSR count). The number of hydrogen-bond donors (Lipinski definition) is 0. The molecule has 1 unspecified atom stereocenters. The summed E-state index contributed by atoms with van der Waals surface area (Å²) in [4.78, 5) is 22.6. The van der Waals surface area contributed by atoms with Gasteiger partial charge in [0.1, 0.15) is 11.9 Å². The Bertz CT molecular complexity index is 746. The normalized spacial score (nSPS) is 17.7. The van der Waals surface area contributed by atoms with Crippen molar-refractivity contribution in [3.63, 3.8) is 0 Å². The van der Waals surface area contributed by atoms with Crippen molar-refractivity contribution in [1.82, 2.24) is 10.1 Å². The molecule has 23 heavy (non-hydrogen) atoms. The second-order valence-electron chi connectivity index (χ2n) is 6.45. The van der Waals surface area contributed by atoms with Crippen LogP contribution in [0.1, 0.15) is 37.0 Å². The number of benzene rings is 1. The fourth-order valence-electron chi connectivity index (χ4n) is 2.17. The van der Waals surface area contributed by atoms with Crippen LogP contribution in [0.5, 0.6) is 0 Å². The van der Waals surface area contributed by atoms with Crippen LogP contribution in [0, 0.1) is 5.82 Å². The average Bonchev–Trinajstić information content (AvgIpc) is 3.16. The van der Waals surface area contributed by atoms with Crippen molar-refractivity contribution in [2.45, 2.75) is 32.2 Å². The highest BCUT2D eigenvalue weighted by Gasteiger charge is 2.30. The molecule has 2 heterocycles. The summed E-state index contributed by atoms with van der Waals surface area (Å²) in [6, 6.07) is 4.89. The van der Waals surface area contributed by atoms with Gasteiger partial charge in [-0.05, 0) is 29.4 Å². The number of aromatic nitrogens is 2. The van der Waals surface area contributed by atoms with Gasteiger partial charge in [0, 0.05) is 11.0 Å². The molecule has 1 aromatic heterocycles. The number of Topliss-reactive ketones (excluding diaryl/α,β-unsaturated/α-hetero) is 1. The molecule has 0 saturated carbocycles. The highest BCUT2D eigenvalue weighted by Crippen LogP contribution is 2.23. The first-order chi connectivity index (χ1) is 10.8. The van der Waals surface area contributed by atoms with E-state index in [2.05, 4.69) is 15.1 Å². The van der Waals surface area contributed by atoms with Crippen molar-refractivity contribution >= 4 is 18.1 Å². The molecule has 0 N–H and O–H groups in total. The average molecular weight is 316 g/mol. The number of carbonyl (C=O) groups excluding carboxylic acids is 1. The molecule has 0 amide bonds. The van der Waals surface area contributed by atoms with Crippen molar-refractivity contribution < 1.29 is 13.7 Å². The number of nitrogens with zero attached hydrogens (tertiary/aromatic N) is 4. The molecule has 0 radical (unpaired) electrons. The highest BCUT2D eigenvalue weighted by molar-refractivity contribution is 6.03. The van der Waals surface area contributed by atoms with Crippen molar-refractivity contribution in [3.05, 3.63) is 41.5 Å². The summed E-state index contributed by atoms with van der Waals surface area (Å²) in [7, 11) is 0. The third-order valence-electron chi connectivity index (χ3n) is 3.50. The van der Waals surface area contributed by atoms with Crippen LogP contribution in [0.3, 0.4) is 0 Å². The minimum absolute atomic E-state index is 0.164. The lowest BCUT2D eigenvalue weighted by atomic mass is 9.97. The summed E-state index contributed by atoms with van der Waals surface area (Å²) >= 11 is 0. The smallest absolute Gasteiger partial charge is 0.271 e. The van der Waals surface area contributed by atoms with Crippen molar-refractivity contribution in [2.75, 3.05) is 11.4 Å². The van der Waals surface area contributed by atoms with E-state index in [0.717, 1.165) is 0 Å². The first-order valence-electron chi connectivity index (χ1n) is 7.28. The zero-order valence-corrected chi connectivity index (χ0v) is 13.2. The van der Waals surface area contributed by atoms with E-state index in [1.54, 1.807) is 4.90 Å². The van der Waals surface area contributed by atoms with Crippen LogP contribution in [0.25, 0.3) is 0 Å². The van der Waals surface area contributed by atoms with Crippen LogP contribution < -0.4 is 4.90 Å². The topological polar surface area (TPSA) is 71.6 Å². The van der Waals surface area contributed by atoms with E-state index in [0.29, 0.717) is 23.9 Å². The van der Waals surface area contributed by atoms with Gasteiger partial charge < -0.3 is 4.52 Å². The number of hydrogen-bond acceptors (Lipinski definition) is 6. The van der Waals surface area contributed by atoms with E-state index in [9.17, 15) is 9.18 Å². The van der Waals surface area contributed by atoms with Crippen LogP contribution in [-0.2, 0) is 5.41 Å². The predicted octanol–water partition coefficient (Wildman–Crippen LogP) is 2.61. The molecule has 0 spiro atoms. The number of aliphatic imine (C=N–C) groups is 1. The second kappa shape index (κ2) is 5.57. The monoisotopic (exact) mass is 316 g/mol. The Morgan fingerprint density at radius 3 is 2.61 bits per heavy atom. The summed E-state index contributed by atoms with van der Waals surface area (Å²) < 4.78 is 18.2. The molecular formula is C16H17FN4O2. The number of halogens is 1. The number of carbonyl (C=O) groups is 1. The molecular weight excluding hydrogens is 299 g/mol. The van der Waals surface area contributed by atoms with Crippen LogP contribution >= 0.6 is 0 Å². The molecule has 0 bridgehead atoms. The van der Waals surface area contributed by atoms with Crippen LogP contribution in [-0.4, -0.2) is 34.8 Å². The number of anilines is 1. The van der Waals surface area contributed by atoms with E-state index < -0.39 is 6.04 Å². The molecule has 1 atom stereocenters. The fourth-order valence-corrected chi connectivity index (χ4v) is 2.17. The van der Waals surface area contributed by atoms with Gasteiger partial charge in [-0.3, -0.25) is 14.7 Å². The van der Waals surface area contributed by atoms with Crippen molar-refractivity contribution in [1.29, 1.82) is 0 Å². The molecule has 0 aliphatic carbocycles. The Morgan fingerprint density at radius 2 is 2.00 bits per heavy atom. The van der Waals surface area contributed by atoms with Gasteiger partial charge in [-0.2, -0.15) is 4.98 Å². The number of ketones is 1. The first kappa shape index (κ1) is 15.3. The largest absolute Gasteiger partial charge is 0.337 e. The first-order valence-corrected chi connectivity index (χ1v) is 7.28. The van der Waals surface area contributed by atoms with Gasteiger partial charge in [0.15, 0.2) is 5.78 Å². The summed E-state index contributed by atoms with van der Waals surface area (Å²) in [6.45, 7) is 6.26. The van der Waals surface area contributed by atoms with Gasteiger partial charge in [0.25, 0.3) is 5.95 Å². The molecule has 1 aliphatic rings. The molecule has 1 aliphatic heterocycles. The number of rotatable bonds is 3. The Balaban J connectivity index is 1.71. The maximum Gasteiger partial charge on any atom is 0.271 e. The Labute approximate surface area is 133 Å². The molecule has 1 aromatic carbocycles. The van der Waals surface area contributed by atoms with Crippen molar-refractivity contribution in [3.8, 4) is 0 Å². The maximum absolute atomic E-state index is 12.9. The maximum atomic E-state index is 12.9.